The Labute approximate surface area is 95.5 Å². The molecule has 1 aromatic heterocycles. The summed E-state index contributed by atoms with van der Waals surface area (Å²) in [6.45, 7) is 5.87. The zero-order valence-corrected chi connectivity index (χ0v) is 10.3. The Morgan fingerprint density at radius 2 is 2.12 bits per heavy atom. The van der Waals surface area contributed by atoms with Gasteiger partial charge < -0.3 is 5.11 Å². The predicted octanol–water partition coefficient (Wildman–Crippen LogP) is 1.42. The Morgan fingerprint density at radius 3 is 2.56 bits per heavy atom. The molecule has 0 fully saturated rings. The molecule has 0 amide bonds. The molecule has 0 radical (unpaired) electrons. The van der Waals surface area contributed by atoms with E-state index >= 15 is 0 Å². The molecule has 90 valence electrons. The maximum atomic E-state index is 10.7. The van der Waals surface area contributed by atoms with Gasteiger partial charge in [0.15, 0.2) is 5.82 Å². The lowest BCUT2D eigenvalue weighted by Crippen LogP contribution is -2.21. The molecule has 0 spiro atoms. The fourth-order valence-electron chi connectivity index (χ4n) is 1.68. The maximum absolute atomic E-state index is 10.7. The third-order valence-electron chi connectivity index (χ3n) is 2.48. The third kappa shape index (κ3) is 3.32. The van der Waals surface area contributed by atoms with Gasteiger partial charge in [0.25, 0.3) is 0 Å². The van der Waals surface area contributed by atoms with Crippen LogP contribution in [-0.2, 0) is 24.7 Å². The number of aliphatic carboxylic acids is 1. The summed E-state index contributed by atoms with van der Waals surface area (Å²) in [6.07, 6.45) is 1.57. The third-order valence-corrected chi connectivity index (χ3v) is 2.48. The first-order chi connectivity index (χ1) is 7.34. The largest absolute Gasteiger partial charge is 0.481 e. The highest BCUT2D eigenvalue weighted by Gasteiger charge is 2.24. The molecule has 0 aliphatic heterocycles. The summed E-state index contributed by atoms with van der Waals surface area (Å²) in [4.78, 5) is 15.1. The maximum Gasteiger partial charge on any atom is 0.303 e. The quantitative estimate of drug-likeness (QED) is 0.823. The monoisotopic (exact) mass is 225 g/mol. The van der Waals surface area contributed by atoms with Crippen molar-refractivity contribution >= 4 is 5.97 Å². The van der Waals surface area contributed by atoms with Gasteiger partial charge in [-0.2, -0.15) is 5.10 Å². The number of aryl methyl sites for hydroxylation is 2. The SMILES string of the molecule is CCc1nc(CC(C)(C)CC(=O)O)n(C)n1. The first kappa shape index (κ1) is 12.7. The second-order valence-electron chi connectivity index (χ2n) is 4.83. The lowest BCUT2D eigenvalue weighted by atomic mass is 9.85. The number of carboxylic acid groups (broad SMARTS) is 1. The van der Waals surface area contributed by atoms with Gasteiger partial charge in [0.1, 0.15) is 5.82 Å². The second kappa shape index (κ2) is 4.63. The van der Waals surface area contributed by atoms with E-state index in [0.29, 0.717) is 6.42 Å². The molecular formula is C11H19N3O2. The van der Waals surface area contributed by atoms with E-state index in [1.54, 1.807) is 4.68 Å². The number of carbonyl (C=O) groups is 1. The standard InChI is InChI=1S/C11H19N3O2/c1-5-8-12-9(14(4)13-8)6-11(2,3)7-10(15)16/h5-7H2,1-4H3,(H,15,16). The number of hydrogen-bond donors (Lipinski definition) is 1. The number of carboxylic acids is 1. The van der Waals surface area contributed by atoms with E-state index in [2.05, 4.69) is 10.1 Å². The summed E-state index contributed by atoms with van der Waals surface area (Å²) in [5, 5.41) is 13.1. The number of rotatable bonds is 5. The Hall–Kier alpha value is -1.39. The molecular weight excluding hydrogens is 206 g/mol. The Bertz CT molecular complexity index is 383. The van der Waals surface area contributed by atoms with Crippen LogP contribution in [0.4, 0.5) is 0 Å². The van der Waals surface area contributed by atoms with E-state index in [-0.39, 0.29) is 11.8 Å². The van der Waals surface area contributed by atoms with Gasteiger partial charge in [0.2, 0.25) is 0 Å². The van der Waals surface area contributed by atoms with Gasteiger partial charge in [-0.25, -0.2) is 4.98 Å². The minimum absolute atomic E-state index is 0.140. The summed E-state index contributed by atoms with van der Waals surface area (Å²) >= 11 is 0. The van der Waals surface area contributed by atoms with Gasteiger partial charge in [-0.3, -0.25) is 9.48 Å². The van der Waals surface area contributed by atoms with Crippen molar-refractivity contribution in [1.29, 1.82) is 0 Å². The fourth-order valence-corrected chi connectivity index (χ4v) is 1.68. The van der Waals surface area contributed by atoms with Crippen molar-refractivity contribution in [3.05, 3.63) is 11.6 Å². The average molecular weight is 225 g/mol. The van der Waals surface area contributed by atoms with Crippen molar-refractivity contribution in [1.82, 2.24) is 14.8 Å². The van der Waals surface area contributed by atoms with Crippen molar-refractivity contribution in [2.24, 2.45) is 12.5 Å². The molecule has 5 heteroatoms. The van der Waals surface area contributed by atoms with E-state index in [4.69, 9.17) is 5.11 Å². The van der Waals surface area contributed by atoms with Crippen molar-refractivity contribution < 1.29 is 9.90 Å². The molecule has 1 aromatic rings. The molecule has 0 aromatic carbocycles. The van der Waals surface area contributed by atoms with Crippen LogP contribution in [0.2, 0.25) is 0 Å². The van der Waals surface area contributed by atoms with Gasteiger partial charge in [-0.05, 0) is 5.41 Å². The van der Waals surface area contributed by atoms with Crippen molar-refractivity contribution in [2.45, 2.75) is 40.0 Å². The van der Waals surface area contributed by atoms with E-state index in [1.165, 1.54) is 0 Å². The topological polar surface area (TPSA) is 68.0 Å². The zero-order valence-electron chi connectivity index (χ0n) is 10.3. The van der Waals surface area contributed by atoms with Gasteiger partial charge in [-0.1, -0.05) is 20.8 Å². The summed E-state index contributed by atoms with van der Waals surface area (Å²) < 4.78 is 1.74. The Balaban J connectivity index is 2.78. The number of hydrogen-bond acceptors (Lipinski definition) is 3. The van der Waals surface area contributed by atoms with Gasteiger partial charge in [0.05, 0.1) is 6.42 Å². The van der Waals surface area contributed by atoms with Crippen LogP contribution in [0.1, 0.15) is 38.8 Å². The van der Waals surface area contributed by atoms with Crippen LogP contribution in [0.5, 0.6) is 0 Å². The molecule has 0 aliphatic rings. The Kier molecular flexibility index (Phi) is 3.67. The van der Waals surface area contributed by atoms with E-state index in [9.17, 15) is 4.79 Å². The molecule has 0 saturated heterocycles. The van der Waals surface area contributed by atoms with Crippen molar-refractivity contribution in [3.63, 3.8) is 0 Å². The molecule has 1 N–H and O–H groups in total. The van der Waals surface area contributed by atoms with Crippen molar-refractivity contribution in [2.75, 3.05) is 0 Å². The molecule has 0 unspecified atom stereocenters. The summed E-state index contributed by atoms with van der Waals surface area (Å²) in [6, 6.07) is 0. The average Bonchev–Trinajstić information content (AvgIpc) is 2.44. The summed E-state index contributed by atoms with van der Waals surface area (Å²) in [5.74, 6) is 0.884. The van der Waals surface area contributed by atoms with Crippen LogP contribution >= 0.6 is 0 Å². The predicted molar refractivity (Wildman–Crippen MR) is 60.1 cm³/mol. The normalized spacial score (nSPS) is 11.8. The van der Waals surface area contributed by atoms with Crippen LogP contribution in [-0.4, -0.2) is 25.8 Å². The molecule has 1 heterocycles. The summed E-state index contributed by atoms with van der Waals surface area (Å²) in [5.41, 5.74) is -0.294. The zero-order chi connectivity index (χ0) is 12.3. The second-order valence-corrected chi connectivity index (χ2v) is 4.83. The summed E-state index contributed by atoms with van der Waals surface area (Å²) in [7, 11) is 1.85. The van der Waals surface area contributed by atoms with Crippen LogP contribution in [0.15, 0.2) is 0 Å². The van der Waals surface area contributed by atoms with E-state index < -0.39 is 5.97 Å². The molecule has 0 bridgehead atoms. The van der Waals surface area contributed by atoms with Crippen LogP contribution in [0.3, 0.4) is 0 Å². The molecule has 1 rings (SSSR count). The molecule has 0 saturated carbocycles. The highest BCUT2D eigenvalue weighted by molar-refractivity contribution is 5.67. The van der Waals surface area contributed by atoms with Crippen LogP contribution in [0, 0.1) is 5.41 Å². The lowest BCUT2D eigenvalue weighted by molar-refractivity contribution is -0.139. The molecule has 0 atom stereocenters. The molecule has 0 aliphatic carbocycles. The lowest BCUT2D eigenvalue weighted by Gasteiger charge is -2.21. The minimum Gasteiger partial charge on any atom is -0.481 e. The smallest absolute Gasteiger partial charge is 0.303 e. The number of aromatic nitrogens is 3. The van der Waals surface area contributed by atoms with Gasteiger partial charge >= 0.3 is 5.97 Å². The first-order valence-corrected chi connectivity index (χ1v) is 5.44. The highest BCUT2D eigenvalue weighted by atomic mass is 16.4. The molecule has 16 heavy (non-hydrogen) atoms. The highest BCUT2D eigenvalue weighted by Crippen LogP contribution is 2.24. The minimum atomic E-state index is -0.775. The number of nitrogens with zero attached hydrogens (tertiary/aromatic N) is 3. The van der Waals surface area contributed by atoms with Gasteiger partial charge in [0, 0.05) is 19.9 Å². The van der Waals surface area contributed by atoms with Gasteiger partial charge in [-0.15, -0.1) is 0 Å². The fraction of sp³-hybridized carbons (Fsp3) is 0.727. The van der Waals surface area contributed by atoms with E-state index in [1.807, 2.05) is 27.8 Å². The van der Waals surface area contributed by atoms with Crippen LogP contribution in [0.25, 0.3) is 0 Å². The van der Waals surface area contributed by atoms with Crippen LogP contribution < -0.4 is 0 Å². The van der Waals surface area contributed by atoms with Crippen molar-refractivity contribution in [3.8, 4) is 0 Å². The first-order valence-electron chi connectivity index (χ1n) is 5.44. The Morgan fingerprint density at radius 1 is 1.50 bits per heavy atom. The molecule has 5 nitrogen and oxygen atoms in total. The van der Waals surface area contributed by atoms with E-state index in [0.717, 1.165) is 18.1 Å².